The van der Waals surface area contributed by atoms with Crippen molar-refractivity contribution in [3.63, 3.8) is 0 Å². The largest absolute Gasteiger partial charge is 0.497 e. The first-order valence-corrected chi connectivity index (χ1v) is 6.57. The first kappa shape index (κ1) is 15.0. The molecule has 0 radical (unpaired) electrons. The molecule has 0 unspecified atom stereocenters. The summed E-state index contributed by atoms with van der Waals surface area (Å²) < 4.78 is 29.2. The molecular formula is C16H18FNO3. The molecule has 2 aromatic rings. The van der Waals surface area contributed by atoms with Gasteiger partial charge in [-0.2, -0.15) is 0 Å². The van der Waals surface area contributed by atoms with Crippen LogP contribution in [0.2, 0.25) is 0 Å². The van der Waals surface area contributed by atoms with E-state index in [4.69, 9.17) is 14.2 Å². The molecule has 0 bridgehead atoms. The van der Waals surface area contributed by atoms with Gasteiger partial charge in [0.05, 0.1) is 19.9 Å². The highest BCUT2D eigenvalue weighted by Crippen LogP contribution is 2.21. The van der Waals surface area contributed by atoms with E-state index in [0.29, 0.717) is 24.6 Å². The lowest BCUT2D eigenvalue weighted by molar-refractivity contribution is 0.331. The lowest BCUT2D eigenvalue weighted by Gasteiger charge is -2.10. The summed E-state index contributed by atoms with van der Waals surface area (Å²) in [5, 5.41) is 2.98. The number of hydrogen-bond donors (Lipinski definition) is 1. The number of nitrogens with one attached hydrogen (secondary N) is 1. The molecule has 0 aliphatic heterocycles. The van der Waals surface area contributed by atoms with Gasteiger partial charge in [0.25, 0.3) is 0 Å². The molecule has 0 fully saturated rings. The van der Waals surface area contributed by atoms with Crippen molar-refractivity contribution in [3.05, 3.63) is 48.3 Å². The Bertz CT molecular complexity index is 572. The van der Waals surface area contributed by atoms with E-state index in [9.17, 15) is 4.39 Å². The van der Waals surface area contributed by atoms with Crippen LogP contribution in [0.4, 0.5) is 10.1 Å². The topological polar surface area (TPSA) is 39.7 Å². The van der Waals surface area contributed by atoms with Crippen LogP contribution < -0.4 is 19.5 Å². The van der Waals surface area contributed by atoms with Crippen LogP contribution >= 0.6 is 0 Å². The summed E-state index contributed by atoms with van der Waals surface area (Å²) in [6, 6.07) is 11.9. The fourth-order valence-corrected chi connectivity index (χ4v) is 1.79. The van der Waals surface area contributed by atoms with Crippen molar-refractivity contribution in [1.29, 1.82) is 0 Å². The van der Waals surface area contributed by atoms with E-state index in [1.54, 1.807) is 26.4 Å². The molecule has 1 N–H and O–H groups in total. The minimum absolute atomic E-state index is 0.319. The molecule has 0 aliphatic carbocycles. The van der Waals surface area contributed by atoms with E-state index in [-0.39, 0.29) is 5.82 Å². The molecule has 0 saturated heterocycles. The van der Waals surface area contributed by atoms with Crippen LogP contribution in [-0.4, -0.2) is 27.4 Å². The molecule has 0 heterocycles. The van der Waals surface area contributed by atoms with Gasteiger partial charge in [0, 0.05) is 12.6 Å². The normalized spacial score (nSPS) is 10.0. The van der Waals surface area contributed by atoms with Crippen molar-refractivity contribution in [2.24, 2.45) is 0 Å². The third kappa shape index (κ3) is 4.27. The molecule has 5 heteroatoms. The summed E-state index contributed by atoms with van der Waals surface area (Å²) in [6.07, 6.45) is 0. The predicted molar refractivity (Wildman–Crippen MR) is 79.9 cm³/mol. The van der Waals surface area contributed by atoms with Gasteiger partial charge in [0.15, 0.2) is 0 Å². The highest BCUT2D eigenvalue weighted by molar-refractivity contribution is 5.49. The molecule has 0 amide bonds. The van der Waals surface area contributed by atoms with Crippen molar-refractivity contribution in [2.45, 2.75) is 0 Å². The van der Waals surface area contributed by atoms with Gasteiger partial charge >= 0.3 is 0 Å². The Morgan fingerprint density at radius 2 is 1.52 bits per heavy atom. The summed E-state index contributed by atoms with van der Waals surface area (Å²) in [6.45, 7) is 0.902. The zero-order valence-electron chi connectivity index (χ0n) is 12.1. The molecule has 0 saturated carbocycles. The van der Waals surface area contributed by atoms with E-state index in [0.717, 1.165) is 11.5 Å². The van der Waals surface area contributed by atoms with E-state index in [1.165, 1.54) is 6.07 Å². The zero-order valence-corrected chi connectivity index (χ0v) is 12.1. The van der Waals surface area contributed by atoms with Gasteiger partial charge in [0.2, 0.25) is 0 Å². The van der Waals surface area contributed by atoms with E-state index in [2.05, 4.69) is 5.32 Å². The number of rotatable bonds is 7. The van der Waals surface area contributed by atoms with Crippen LogP contribution in [0.25, 0.3) is 0 Å². The zero-order chi connectivity index (χ0) is 15.1. The molecule has 4 nitrogen and oxygen atoms in total. The first-order chi connectivity index (χ1) is 10.2. The van der Waals surface area contributed by atoms with Gasteiger partial charge in [0.1, 0.15) is 29.7 Å². The molecule has 0 atom stereocenters. The maximum Gasteiger partial charge on any atom is 0.146 e. The number of anilines is 1. The van der Waals surface area contributed by atoms with Crippen molar-refractivity contribution in [2.75, 3.05) is 32.7 Å². The van der Waals surface area contributed by atoms with Gasteiger partial charge in [-0.3, -0.25) is 0 Å². The first-order valence-electron chi connectivity index (χ1n) is 6.57. The second-order valence-corrected chi connectivity index (χ2v) is 4.30. The summed E-state index contributed by atoms with van der Waals surface area (Å²) in [7, 11) is 3.16. The second kappa shape index (κ2) is 7.38. The number of hydrogen-bond acceptors (Lipinski definition) is 4. The third-order valence-electron chi connectivity index (χ3n) is 2.92. The van der Waals surface area contributed by atoms with Crippen LogP contribution in [0.3, 0.4) is 0 Å². The third-order valence-corrected chi connectivity index (χ3v) is 2.92. The van der Waals surface area contributed by atoms with Crippen LogP contribution in [0.15, 0.2) is 42.5 Å². The molecule has 0 aromatic heterocycles. The van der Waals surface area contributed by atoms with Gasteiger partial charge in [-0.25, -0.2) is 4.39 Å². The monoisotopic (exact) mass is 291 g/mol. The van der Waals surface area contributed by atoms with E-state index < -0.39 is 0 Å². The molecule has 0 aliphatic rings. The van der Waals surface area contributed by atoms with Gasteiger partial charge in [-0.05, 0) is 36.4 Å². The maximum absolute atomic E-state index is 13.6. The Hall–Kier alpha value is -2.43. The summed E-state index contributed by atoms with van der Waals surface area (Å²) in [5.74, 6) is 1.80. The summed E-state index contributed by atoms with van der Waals surface area (Å²) >= 11 is 0. The lowest BCUT2D eigenvalue weighted by atomic mass is 10.3. The Kier molecular flexibility index (Phi) is 5.26. The van der Waals surface area contributed by atoms with E-state index >= 15 is 0 Å². The minimum Gasteiger partial charge on any atom is -0.497 e. The molecule has 2 aromatic carbocycles. The van der Waals surface area contributed by atoms with Gasteiger partial charge in [-0.15, -0.1) is 0 Å². The fourth-order valence-electron chi connectivity index (χ4n) is 1.79. The standard InChI is InChI=1S/C16H18FNO3/c1-19-12-3-5-13(6-4-12)21-10-9-18-16-11-14(20-2)7-8-15(16)17/h3-8,11,18H,9-10H2,1-2H3. The molecular weight excluding hydrogens is 273 g/mol. The highest BCUT2D eigenvalue weighted by Gasteiger charge is 2.03. The van der Waals surface area contributed by atoms with Crippen LogP contribution in [-0.2, 0) is 0 Å². The lowest BCUT2D eigenvalue weighted by Crippen LogP contribution is -2.12. The maximum atomic E-state index is 13.6. The summed E-state index contributed by atoms with van der Waals surface area (Å²) in [5.41, 5.74) is 0.396. The average molecular weight is 291 g/mol. The van der Waals surface area contributed by atoms with Crippen LogP contribution in [0, 0.1) is 5.82 Å². The number of ether oxygens (including phenoxy) is 3. The number of benzene rings is 2. The van der Waals surface area contributed by atoms with Crippen molar-refractivity contribution >= 4 is 5.69 Å². The van der Waals surface area contributed by atoms with Gasteiger partial charge < -0.3 is 19.5 Å². The van der Waals surface area contributed by atoms with Gasteiger partial charge in [-0.1, -0.05) is 0 Å². The SMILES string of the molecule is COc1ccc(OCCNc2cc(OC)ccc2F)cc1. The Labute approximate surface area is 123 Å². The molecule has 0 spiro atoms. The summed E-state index contributed by atoms with van der Waals surface area (Å²) in [4.78, 5) is 0. The van der Waals surface area contributed by atoms with E-state index in [1.807, 2.05) is 24.3 Å². The fraction of sp³-hybridized carbons (Fsp3) is 0.250. The van der Waals surface area contributed by atoms with Crippen LogP contribution in [0.1, 0.15) is 0 Å². The van der Waals surface area contributed by atoms with Crippen LogP contribution in [0.5, 0.6) is 17.2 Å². The number of halogens is 1. The molecule has 112 valence electrons. The van der Waals surface area contributed by atoms with Crippen molar-refractivity contribution in [3.8, 4) is 17.2 Å². The molecule has 2 rings (SSSR count). The molecule has 21 heavy (non-hydrogen) atoms. The van der Waals surface area contributed by atoms with Crippen molar-refractivity contribution < 1.29 is 18.6 Å². The smallest absolute Gasteiger partial charge is 0.146 e. The Balaban J connectivity index is 1.81. The Morgan fingerprint density at radius 3 is 2.19 bits per heavy atom. The average Bonchev–Trinajstić information content (AvgIpc) is 2.53. The second-order valence-electron chi connectivity index (χ2n) is 4.30. The predicted octanol–water partition coefficient (Wildman–Crippen LogP) is 3.33. The quantitative estimate of drug-likeness (QED) is 0.794. The Morgan fingerprint density at radius 1 is 0.905 bits per heavy atom. The number of methoxy groups -OCH3 is 2. The minimum atomic E-state index is -0.319. The van der Waals surface area contributed by atoms with Crippen molar-refractivity contribution in [1.82, 2.24) is 0 Å². The highest BCUT2D eigenvalue weighted by atomic mass is 19.1.